The van der Waals surface area contributed by atoms with Crippen molar-refractivity contribution in [3.05, 3.63) is 70.9 Å². The molecule has 1 amide bonds. The van der Waals surface area contributed by atoms with E-state index in [1.807, 2.05) is 0 Å². The van der Waals surface area contributed by atoms with Gasteiger partial charge in [0.15, 0.2) is 24.8 Å². The first kappa shape index (κ1) is 20.5. The van der Waals surface area contributed by atoms with Crippen LogP contribution < -0.4 is 15.2 Å². The highest BCUT2D eigenvalue weighted by molar-refractivity contribution is 5.75. The summed E-state index contributed by atoms with van der Waals surface area (Å²) in [5.41, 5.74) is 6.00. The molecule has 0 bridgehead atoms. The van der Waals surface area contributed by atoms with Crippen LogP contribution in [0.1, 0.15) is 0 Å². The first-order chi connectivity index (χ1) is 15.5. The molecule has 0 saturated carbocycles. The third-order valence-electron chi connectivity index (χ3n) is 4.19. The smallest absolute Gasteiger partial charge is 0.311 e. The van der Waals surface area contributed by atoms with Crippen LogP contribution in [0.5, 0.6) is 11.5 Å². The number of nitrogens with zero attached hydrogens (tertiary/aromatic N) is 5. The molecule has 0 spiro atoms. The zero-order chi connectivity index (χ0) is 22.5. The van der Waals surface area contributed by atoms with E-state index in [-0.39, 0.29) is 30.7 Å². The van der Waals surface area contributed by atoms with Gasteiger partial charge < -0.3 is 19.7 Å². The number of carbonyl (C=O) groups excluding carboxylic acids is 1. The molecule has 0 aliphatic carbocycles. The average molecular weight is 436 g/mol. The van der Waals surface area contributed by atoms with E-state index in [1.54, 1.807) is 48.7 Å². The van der Waals surface area contributed by atoms with Crippen LogP contribution in [0.25, 0.3) is 23.0 Å². The van der Waals surface area contributed by atoms with Crippen molar-refractivity contribution in [1.82, 2.24) is 19.9 Å². The molecule has 2 aromatic heterocycles. The second-order valence-corrected chi connectivity index (χ2v) is 6.44. The second-order valence-electron chi connectivity index (χ2n) is 6.44. The molecule has 0 atom stereocenters. The van der Waals surface area contributed by atoms with Crippen molar-refractivity contribution >= 4 is 11.6 Å². The molecule has 0 aliphatic heterocycles. The number of primary amides is 1. The molecule has 12 nitrogen and oxygen atoms in total. The third kappa shape index (κ3) is 4.70. The molecular formula is C20H16N6O6. The Hall–Kier alpha value is -4.74. The topological polar surface area (TPSA) is 161 Å². The Balaban J connectivity index is 1.42. The van der Waals surface area contributed by atoms with Gasteiger partial charge in [-0.1, -0.05) is 17.3 Å². The van der Waals surface area contributed by atoms with E-state index in [0.717, 1.165) is 0 Å². The minimum absolute atomic E-state index is 0.0430. The van der Waals surface area contributed by atoms with E-state index in [0.29, 0.717) is 22.8 Å². The van der Waals surface area contributed by atoms with Gasteiger partial charge in [0.2, 0.25) is 5.82 Å². The molecule has 162 valence electrons. The average Bonchev–Trinajstić information content (AvgIpc) is 3.46. The largest absolute Gasteiger partial charge is 0.484 e. The summed E-state index contributed by atoms with van der Waals surface area (Å²) in [6.07, 6.45) is 1.62. The number of aromatic nitrogens is 4. The minimum Gasteiger partial charge on any atom is -0.484 e. The second kappa shape index (κ2) is 8.95. The first-order valence-electron chi connectivity index (χ1n) is 9.25. The van der Waals surface area contributed by atoms with Gasteiger partial charge in [-0.2, -0.15) is 10.1 Å². The summed E-state index contributed by atoms with van der Waals surface area (Å²) in [4.78, 5) is 25.7. The fraction of sp³-hybridized carbons (Fsp3) is 0.100. The van der Waals surface area contributed by atoms with E-state index >= 15 is 0 Å². The molecule has 2 heterocycles. The Morgan fingerprint density at radius 2 is 1.91 bits per heavy atom. The molecule has 2 aromatic carbocycles. The van der Waals surface area contributed by atoms with Gasteiger partial charge in [-0.15, -0.1) is 0 Å². The monoisotopic (exact) mass is 436 g/mol. The fourth-order valence-corrected chi connectivity index (χ4v) is 2.71. The molecule has 0 aliphatic rings. The van der Waals surface area contributed by atoms with Gasteiger partial charge in [0.05, 0.1) is 4.92 Å². The minimum atomic E-state index is -0.566. The number of nitro benzene ring substituents is 1. The Bertz CT molecular complexity index is 1250. The lowest BCUT2D eigenvalue weighted by atomic mass is 10.2. The standard InChI is InChI=1S/C20H16N6O6/c21-18(27)11-30-14-7-5-13(6-8-14)19-22-20(32-24-19)15-9-10-25(23-15)12-31-17-4-2-1-3-16(17)26(28)29/h1-10H,11-12H2,(H2,21,27). The SMILES string of the molecule is NC(=O)COc1ccc(-c2noc(-c3ccn(COc4ccccc4[N+](=O)[O-])n3)n2)cc1. The van der Waals surface area contributed by atoms with Gasteiger partial charge in [0.25, 0.3) is 11.8 Å². The molecule has 0 radical (unpaired) electrons. The number of para-hydroxylation sites is 2. The van der Waals surface area contributed by atoms with E-state index in [2.05, 4.69) is 15.2 Å². The van der Waals surface area contributed by atoms with Crippen LogP contribution in [0.2, 0.25) is 0 Å². The van der Waals surface area contributed by atoms with Gasteiger partial charge >= 0.3 is 5.69 Å². The van der Waals surface area contributed by atoms with Crippen molar-refractivity contribution in [3.63, 3.8) is 0 Å². The van der Waals surface area contributed by atoms with Crippen LogP contribution >= 0.6 is 0 Å². The molecule has 0 fully saturated rings. The van der Waals surface area contributed by atoms with Crippen molar-refractivity contribution in [2.75, 3.05) is 6.61 Å². The quantitative estimate of drug-likeness (QED) is 0.307. The number of ether oxygens (including phenoxy) is 2. The Morgan fingerprint density at radius 1 is 1.12 bits per heavy atom. The lowest BCUT2D eigenvalue weighted by Crippen LogP contribution is -2.19. The van der Waals surface area contributed by atoms with Crippen molar-refractivity contribution in [2.45, 2.75) is 6.73 Å². The zero-order valence-corrected chi connectivity index (χ0v) is 16.5. The predicted molar refractivity (Wildman–Crippen MR) is 109 cm³/mol. The van der Waals surface area contributed by atoms with Gasteiger partial charge in [-0.05, 0) is 36.4 Å². The number of nitro groups is 1. The summed E-state index contributed by atoms with van der Waals surface area (Å²) in [7, 11) is 0. The van der Waals surface area contributed by atoms with Crippen LogP contribution in [0.4, 0.5) is 5.69 Å². The molecule has 12 heteroatoms. The van der Waals surface area contributed by atoms with Crippen molar-refractivity contribution in [2.24, 2.45) is 5.73 Å². The highest BCUT2D eigenvalue weighted by Crippen LogP contribution is 2.26. The summed E-state index contributed by atoms with van der Waals surface area (Å²) in [6.45, 7) is -0.256. The Morgan fingerprint density at radius 3 is 2.66 bits per heavy atom. The van der Waals surface area contributed by atoms with E-state index in [9.17, 15) is 14.9 Å². The maximum Gasteiger partial charge on any atom is 0.311 e. The normalized spacial score (nSPS) is 10.6. The summed E-state index contributed by atoms with van der Waals surface area (Å²) in [6, 6.07) is 14.5. The molecule has 2 N–H and O–H groups in total. The van der Waals surface area contributed by atoms with Gasteiger partial charge in [-0.25, -0.2) is 4.68 Å². The summed E-state index contributed by atoms with van der Waals surface area (Å²) in [5.74, 6) is 0.584. The Kier molecular flexibility index (Phi) is 5.74. The van der Waals surface area contributed by atoms with Gasteiger partial charge in [0.1, 0.15) is 5.75 Å². The molecule has 0 unspecified atom stereocenters. The van der Waals surface area contributed by atoms with Crippen molar-refractivity contribution in [3.8, 4) is 34.5 Å². The molecule has 4 rings (SSSR count). The molecule has 4 aromatic rings. The van der Waals surface area contributed by atoms with Crippen LogP contribution in [0, 0.1) is 10.1 Å². The van der Waals surface area contributed by atoms with Gasteiger partial charge in [0, 0.05) is 17.8 Å². The van der Waals surface area contributed by atoms with Crippen molar-refractivity contribution in [1.29, 1.82) is 0 Å². The highest BCUT2D eigenvalue weighted by atomic mass is 16.6. The van der Waals surface area contributed by atoms with E-state index in [1.165, 1.54) is 16.8 Å². The first-order valence-corrected chi connectivity index (χ1v) is 9.25. The zero-order valence-electron chi connectivity index (χ0n) is 16.5. The van der Waals surface area contributed by atoms with E-state index in [4.69, 9.17) is 19.7 Å². The lowest BCUT2D eigenvalue weighted by molar-refractivity contribution is -0.386. The summed E-state index contributed by atoms with van der Waals surface area (Å²) < 4.78 is 17.4. The maximum atomic E-state index is 11.1. The molecule has 0 saturated heterocycles. The summed E-state index contributed by atoms with van der Waals surface area (Å²) in [5, 5.41) is 19.3. The lowest BCUT2D eigenvalue weighted by Gasteiger charge is -2.06. The number of amides is 1. The van der Waals surface area contributed by atoms with Crippen LogP contribution in [-0.2, 0) is 11.5 Å². The van der Waals surface area contributed by atoms with Crippen LogP contribution in [0.3, 0.4) is 0 Å². The fourth-order valence-electron chi connectivity index (χ4n) is 2.71. The van der Waals surface area contributed by atoms with Crippen LogP contribution in [-0.4, -0.2) is 37.4 Å². The summed E-state index contributed by atoms with van der Waals surface area (Å²) >= 11 is 0. The van der Waals surface area contributed by atoms with Gasteiger partial charge in [-0.3, -0.25) is 14.9 Å². The van der Waals surface area contributed by atoms with Crippen molar-refractivity contribution < 1.29 is 23.7 Å². The number of benzene rings is 2. The van der Waals surface area contributed by atoms with Crippen LogP contribution in [0.15, 0.2) is 65.3 Å². The number of carbonyl (C=O) groups is 1. The third-order valence-corrected chi connectivity index (χ3v) is 4.19. The number of hydrogen-bond acceptors (Lipinski definition) is 9. The Labute approximate surface area is 180 Å². The number of nitrogens with two attached hydrogens (primary N) is 1. The highest BCUT2D eigenvalue weighted by Gasteiger charge is 2.16. The number of hydrogen-bond donors (Lipinski definition) is 1. The number of rotatable bonds is 9. The molecular weight excluding hydrogens is 420 g/mol. The maximum absolute atomic E-state index is 11.1. The van der Waals surface area contributed by atoms with E-state index < -0.39 is 10.8 Å². The molecule has 32 heavy (non-hydrogen) atoms. The predicted octanol–water partition coefficient (Wildman–Crippen LogP) is 2.41.